The fourth-order valence-electron chi connectivity index (χ4n) is 1.01. The molecule has 3 nitrogen and oxygen atoms in total. The molecular weight excluding hydrogens is 188 g/mol. The van der Waals surface area contributed by atoms with Gasteiger partial charge in [0.25, 0.3) is 0 Å². The first-order valence-electron chi connectivity index (χ1n) is 5.89. The van der Waals surface area contributed by atoms with Gasteiger partial charge in [0, 0.05) is 12.1 Å². The molecule has 1 amide bonds. The minimum atomic E-state index is 0.0510. The summed E-state index contributed by atoms with van der Waals surface area (Å²) in [5.74, 6) is 0.738. The van der Waals surface area contributed by atoms with Crippen molar-refractivity contribution < 1.29 is 4.79 Å². The lowest BCUT2D eigenvalue weighted by molar-refractivity contribution is -0.120. The highest BCUT2D eigenvalue weighted by Gasteiger charge is 2.14. The van der Waals surface area contributed by atoms with Crippen molar-refractivity contribution in [1.82, 2.24) is 10.6 Å². The van der Waals surface area contributed by atoms with Crippen molar-refractivity contribution in [3.63, 3.8) is 0 Å². The highest BCUT2D eigenvalue weighted by atomic mass is 16.1. The summed E-state index contributed by atoms with van der Waals surface area (Å²) in [4.78, 5) is 11.4. The Morgan fingerprint density at radius 1 is 1.33 bits per heavy atom. The van der Waals surface area contributed by atoms with Crippen LogP contribution in [0.4, 0.5) is 0 Å². The summed E-state index contributed by atoms with van der Waals surface area (Å²) in [6.07, 6.45) is 2.06. The maximum Gasteiger partial charge on any atom is 0.233 e. The van der Waals surface area contributed by atoms with Gasteiger partial charge in [-0.2, -0.15) is 0 Å². The van der Waals surface area contributed by atoms with Gasteiger partial charge in [-0.15, -0.1) is 0 Å². The van der Waals surface area contributed by atoms with E-state index in [1.165, 1.54) is 0 Å². The summed E-state index contributed by atoms with van der Waals surface area (Å²) in [6, 6.07) is 0. The van der Waals surface area contributed by atoms with Crippen LogP contribution in [0.5, 0.6) is 0 Å². The molecule has 0 spiro atoms. The first kappa shape index (κ1) is 14.4. The number of hydrogen-bond acceptors (Lipinski definition) is 2. The summed E-state index contributed by atoms with van der Waals surface area (Å²) in [6.45, 7) is 11.8. The first-order valence-corrected chi connectivity index (χ1v) is 5.89. The predicted octanol–water partition coefficient (Wildman–Crippen LogP) is 1.93. The van der Waals surface area contributed by atoms with Crippen LogP contribution in [0.2, 0.25) is 0 Å². The second kappa shape index (κ2) is 6.83. The van der Waals surface area contributed by atoms with E-state index in [0.29, 0.717) is 12.5 Å². The van der Waals surface area contributed by atoms with Crippen LogP contribution in [0.15, 0.2) is 0 Å². The fourth-order valence-corrected chi connectivity index (χ4v) is 1.01. The molecule has 90 valence electrons. The van der Waals surface area contributed by atoms with Gasteiger partial charge in [-0.3, -0.25) is 4.79 Å². The zero-order valence-corrected chi connectivity index (χ0v) is 10.8. The Kier molecular flexibility index (Phi) is 6.57. The molecule has 0 radical (unpaired) electrons. The van der Waals surface area contributed by atoms with Gasteiger partial charge in [-0.05, 0) is 32.6 Å². The average molecular weight is 214 g/mol. The van der Waals surface area contributed by atoms with Crippen LogP contribution >= 0.6 is 0 Å². The molecule has 15 heavy (non-hydrogen) atoms. The Morgan fingerprint density at radius 3 is 2.40 bits per heavy atom. The Bertz CT molecular complexity index is 188. The van der Waals surface area contributed by atoms with Crippen molar-refractivity contribution in [3.8, 4) is 0 Å². The van der Waals surface area contributed by atoms with Gasteiger partial charge < -0.3 is 10.6 Å². The van der Waals surface area contributed by atoms with Gasteiger partial charge in [-0.1, -0.05) is 20.8 Å². The summed E-state index contributed by atoms with van der Waals surface area (Å²) in [7, 11) is 0. The molecule has 0 fully saturated rings. The van der Waals surface area contributed by atoms with Crippen LogP contribution in [-0.2, 0) is 4.79 Å². The zero-order valence-electron chi connectivity index (χ0n) is 10.8. The largest absolute Gasteiger partial charge is 0.355 e. The molecule has 3 heteroatoms. The van der Waals surface area contributed by atoms with E-state index >= 15 is 0 Å². The van der Waals surface area contributed by atoms with Gasteiger partial charge in [0.15, 0.2) is 0 Å². The quantitative estimate of drug-likeness (QED) is 0.680. The number of nitrogens with one attached hydrogen (secondary N) is 2. The predicted molar refractivity (Wildman–Crippen MR) is 64.8 cm³/mol. The third kappa shape index (κ3) is 8.43. The zero-order chi connectivity index (χ0) is 11.9. The molecule has 0 rings (SSSR count). The Labute approximate surface area is 94.0 Å². The van der Waals surface area contributed by atoms with E-state index in [1.807, 2.05) is 0 Å². The highest BCUT2D eigenvalue weighted by molar-refractivity contribution is 5.78. The normalized spacial score (nSPS) is 11.9. The van der Waals surface area contributed by atoms with E-state index in [4.69, 9.17) is 0 Å². The maximum absolute atomic E-state index is 11.4. The molecule has 0 aliphatic rings. The molecule has 0 heterocycles. The molecular formula is C12H26N2O. The van der Waals surface area contributed by atoms with Crippen molar-refractivity contribution in [3.05, 3.63) is 0 Å². The molecule has 0 aliphatic carbocycles. The number of carbonyl (C=O) groups is 1. The second-order valence-corrected chi connectivity index (χ2v) is 5.12. The summed E-state index contributed by atoms with van der Waals surface area (Å²) < 4.78 is 0. The van der Waals surface area contributed by atoms with E-state index in [-0.39, 0.29) is 11.4 Å². The van der Waals surface area contributed by atoms with E-state index in [2.05, 4.69) is 45.3 Å². The number of amides is 1. The molecule has 2 N–H and O–H groups in total. The summed E-state index contributed by atoms with van der Waals surface area (Å²) in [5.41, 5.74) is 0.0510. The lowest BCUT2D eigenvalue weighted by Gasteiger charge is -2.24. The van der Waals surface area contributed by atoms with Crippen LogP contribution < -0.4 is 10.6 Å². The van der Waals surface area contributed by atoms with Gasteiger partial charge in [-0.25, -0.2) is 0 Å². The average Bonchev–Trinajstić information content (AvgIpc) is 2.14. The third-order valence-corrected chi connectivity index (χ3v) is 2.66. The van der Waals surface area contributed by atoms with Gasteiger partial charge in [0.05, 0.1) is 6.54 Å². The number of carbonyl (C=O) groups excluding carboxylic acids is 1. The van der Waals surface area contributed by atoms with E-state index < -0.39 is 0 Å². The van der Waals surface area contributed by atoms with Crippen molar-refractivity contribution in [2.45, 2.75) is 53.0 Å². The molecule has 0 saturated carbocycles. The van der Waals surface area contributed by atoms with Crippen molar-refractivity contribution in [2.24, 2.45) is 5.92 Å². The lowest BCUT2D eigenvalue weighted by atomic mass is 10.0. The van der Waals surface area contributed by atoms with Gasteiger partial charge in [0.2, 0.25) is 5.91 Å². The smallest absolute Gasteiger partial charge is 0.233 e. The SMILES string of the molecule is CCC(C)(C)NCC(=O)NCCC(C)C. The van der Waals surface area contributed by atoms with Crippen LogP contribution in [0, 0.1) is 5.92 Å². The monoisotopic (exact) mass is 214 g/mol. The fraction of sp³-hybridized carbons (Fsp3) is 0.917. The van der Waals surface area contributed by atoms with Crippen LogP contribution in [0.1, 0.15) is 47.5 Å². The third-order valence-electron chi connectivity index (χ3n) is 2.66. The lowest BCUT2D eigenvalue weighted by Crippen LogP contribution is -2.45. The molecule has 0 aromatic rings. The standard InChI is InChI=1S/C12H26N2O/c1-6-12(4,5)14-9-11(15)13-8-7-10(2)3/h10,14H,6-9H2,1-5H3,(H,13,15). The maximum atomic E-state index is 11.4. The topological polar surface area (TPSA) is 41.1 Å². The van der Waals surface area contributed by atoms with Gasteiger partial charge in [0.1, 0.15) is 0 Å². The van der Waals surface area contributed by atoms with E-state index in [1.54, 1.807) is 0 Å². The minimum absolute atomic E-state index is 0.0510. The Morgan fingerprint density at radius 2 is 1.93 bits per heavy atom. The summed E-state index contributed by atoms with van der Waals surface area (Å²) >= 11 is 0. The van der Waals surface area contributed by atoms with E-state index in [9.17, 15) is 4.79 Å². The Hall–Kier alpha value is -0.570. The molecule has 0 bridgehead atoms. The number of rotatable bonds is 7. The van der Waals surface area contributed by atoms with Crippen LogP contribution in [-0.4, -0.2) is 24.5 Å². The highest BCUT2D eigenvalue weighted by Crippen LogP contribution is 2.05. The minimum Gasteiger partial charge on any atom is -0.355 e. The van der Waals surface area contributed by atoms with Crippen molar-refractivity contribution in [2.75, 3.05) is 13.1 Å². The summed E-state index contributed by atoms with van der Waals surface area (Å²) in [5, 5.41) is 6.14. The molecule has 0 aromatic heterocycles. The second-order valence-electron chi connectivity index (χ2n) is 5.12. The van der Waals surface area contributed by atoms with Crippen molar-refractivity contribution in [1.29, 1.82) is 0 Å². The molecule has 0 atom stereocenters. The molecule has 0 aromatic carbocycles. The van der Waals surface area contributed by atoms with Crippen molar-refractivity contribution >= 4 is 5.91 Å². The Balaban J connectivity index is 3.58. The van der Waals surface area contributed by atoms with Crippen LogP contribution in [0.25, 0.3) is 0 Å². The van der Waals surface area contributed by atoms with Gasteiger partial charge >= 0.3 is 0 Å². The molecule has 0 unspecified atom stereocenters. The molecule has 0 aliphatic heterocycles. The van der Waals surface area contributed by atoms with Crippen LogP contribution in [0.3, 0.4) is 0 Å². The molecule has 0 saturated heterocycles. The van der Waals surface area contributed by atoms with E-state index in [0.717, 1.165) is 19.4 Å². The number of hydrogen-bond donors (Lipinski definition) is 2. The first-order chi connectivity index (χ1) is 6.87.